The Labute approximate surface area is 152 Å². The Hall–Kier alpha value is -3.01. The zero-order valence-corrected chi connectivity index (χ0v) is 14.8. The van der Waals surface area contributed by atoms with E-state index in [0.717, 1.165) is 17.8 Å². The van der Waals surface area contributed by atoms with Crippen molar-refractivity contribution in [3.63, 3.8) is 0 Å². The Morgan fingerprint density at radius 3 is 3.00 bits per heavy atom. The number of carbonyl (C=O) groups excluding carboxylic acids is 1. The first kappa shape index (κ1) is 16.5. The fourth-order valence-electron chi connectivity index (χ4n) is 2.72. The molecule has 0 aromatic carbocycles. The van der Waals surface area contributed by atoms with Gasteiger partial charge in [-0.1, -0.05) is 6.07 Å². The van der Waals surface area contributed by atoms with Crippen LogP contribution in [-0.4, -0.2) is 52.6 Å². The summed E-state index contributed by atoms with van der Waals surface area (Å²) in [6.07, 6.45) is 6.29. The predicted molar refractivity (Wildman–Crippen MR) is 97.0 cm³/mol. The fourth-order valence-corrected chi connectivity index (χ4v) is 3.19. The third-order valence-electron chi connectivity index (χ3n) is 4.02. The van der Waals surface area contributed by atoms with E-state index >= 15 is 0 Å². The second kappa shape index (κ2) is 7.08. The van der Waals surface area contributed by atoms with Crippen molar-refractivity contribution < 1.29 is 4.79 Å². The topological polar surface area (TPSA) is 102 Å². The van der Waals surface area contributed by atoms with Crippen LogP contribution in [0.25, 0.3) is 11.3 Å². The summed E-state index contributed by atoms with van der Waals surface area (Å²) in [5.74, 6) is 1.39. The van der Waals surface area contributed by atoms with Crippen molar-refractivity contribution in [2.24, 2.45) is 0 Å². The molecular formula is C16H16N8OS. The lowest BCUT2D eigenvalue weighted by Crippen LogP contribution is -2.30. The molecule has 1 unspecified atom stereocenters. The second-order valence-corrected chi connectivity index (χ2v) is 6.68. The van der Waals surface area contributed by atoms with E-state index in [1.165, 1.54) is 4.52 Å². The van der Waals surface area contributed by atoms with E-state index in [-0.39, 0.29) is 11.9 Å². The number of nitrogens with zero attached hydrogens (tertiary/aromatic N) is 7. The number of nitrogens with one attached hydrogen (secondary N) is 1. The van der Waals surface area contributed by atoms with Crippen molar-refractivity contribution in [1.29, 1.82) is 0 Å². The maximum atomic E-state index is 12.8. The molecule has 0 radical (unpaired) electrons. The third kappa shape index (κ3) is 3.10. The van der Waals surface area contributed by atoms with Gasteiger partial charge in [-0.3, -0.25) is 9.20 Å². The van der Waals surface area contributed by atoms with Gasteiger partial charge < -0.3 is 5.32 Å². The van der Waals surface area contributed by atoms with Crippen LogP contribution in [0.4, 0.5) is 0 Å². The molecule has 26 heavy (non-hydrogen) atoms. The first-order valence-electron chi connectivity index (χ1n) is 8.03. The highest BCUT2D eigenvalue weighted by Gasteiger charge is 2.21. The number of rotatable bonds is 6. The number of carbonyl (C=O) groups is 1. The van der Waals surface area contributed by atoms with E-state index in [1.807, 2.05) is 35.1 Å². The van der Waals surface area contributed by atoms with Crippen LogP contribution in [0.2, 0.25) is 0 Å². The van der Waals surface area contributed by atoms with Gasteiger partial charge in [-0.15, -0.1) is 15.3 Å². The van der Waals surface area contributed by atoms with Crippen LogP contribution < -0.4 is 5.32 Å². The van der Waals surface area contributed by atoms with Crippen LogP contribution in [0.1, 0.15) is 28.6 Å². The SMILES string of the molecule is CSCCC(NC(=O)c1ccc2nnnn2c1)c1nnc2ccccn12. The van der Waals surface area contributed by atoms with Gasteiger partial charge in [0.1, 0.15) is 0 Å². The molecule has 4 rings (SSSR count). The Bertz CT molecular complexity index is 1060. The van der Waals surface area contributed by atoms with Crippen molar-refractivity contribution in [2.45, 2.75) is 12.5 Å². The molecule has 4 heterocycles. The second-order valence-electron chi connectivity index (χ2n) is 5.69. The van der Waals surface area contributed by atoms with Gasteiger partial charge in [0, 0.05) is 12.4 Å². The van der Waals surface area contributed by atoms with Crippen LogP contribution in [0.5, 0.6) is 0 Å². The normalized spacial score (nSPS) is 12.5. The molecule has 0 saturated heterocycles. The van der Waals surface area contributed by atoms with Crippen molar-refractivity contribution in [2.75, 3.05) is 12.0 Å². The first-order valence-corrected chi connectivity index (χ1v) is 9.43. The molecule has 0 spiro atoms. The molecule has 0 aliphatic rings. The van der Waals surface area contributed by atoms with Gasteiger partial charge in [0.05, 0.1) is 11.6 Å². The highest BCUT2D eigenvalue weighted by atomic mass is 32.2. The van der Waals surface area contributed by atoms with Crippen molar-refractivity contribution in [3.05, 3.63) is 54.1 Å². The van der Waals surface area contributed by atoms with Crippen LogP contribution >= 0.6 is 11.8 Å². The molecule has 0 aliphatic carbocycles. The maximum absolute atomic E-state index is 12.8. The monoisotopic (exact) mass is 368 g/mol. The van der Waals surface area contributed by atoms with Crippen LogP contribution in [0, 0.1) is 0 Å². The van der Waals surface area contributed by atoms with Gasteiger partial charge in [0.15, 0.2) is 17.1 Å². The molecule has 132 valence electrons. The summed E-state index contributed by atoms with van der Waals surface area (Å²) in [5.41, 5.74) is 1.82. The number of tetrazole rings is 1. The first-order chi connectivity index (χ1) is 12.8. The van der Waals surface area contributed by atoms with E-state index in [9.17, 15) is 4.79 Å². The summed E-state index contributed by atoms with van der Waals surface area (Å²) >= 11 is 1.72. The zero-order valence-electron chi connectivity index (χ0n) is 14.0. The minimum atomic E-state index is -0.253. The lowest BCUT2D eigenvalue weighted by Gasteiger charge is -2.17. The molecule has 0 aliphatic heterocycles. The largest absolute Gasteiger partial charge is 0.342 e. The van der Waals surface area contributed by atoms with Crippen LogP contribution in [0.3, 0.4) is 0 Å². The maximum Gasteiger partial charge on any atom is 0.253 e. The van der Waals surface area contributed by atoms with E-state index in [2.05, 4.69) is 31.0 Å². The molecule has 4 aromatic rings. The lowest BCUT2D eigenvalue weighted by molar-refractivity contribution is 0.0933. The summed E-state index contributed by atoms with van der Waals surface area (Å²) in [6, 6.07) is 8.86. The molecule has 9 nitrogen and oxygen atoms in total. The quantitative estimate of drug-likeness (QED) is 0.548. The summed E-state index contributed by atoms with van der Waals surface area (Å²) in [5, 5.41) is 22.8. The fraction of sp³-hybridized carbons (Fsp3) is 0.250. The average molecular weight is 368 g/mol. The van der Waals surface area contributed by atoms with Gasteiger partial charge in [0.25, 0.3) is 5.91 Å². The highest BCUT2D eigenvalue weighted by Crippen LogP contribution is 2.19. The third-order valence-corrected chi connectivity index (χ3v) is 4.67. The smallest absolute Gasteiger partial charge is 0.253 e. The molecule has 4 aromatic heterocycles. The molecule has 1 N–H and O–H groups in total. The molecule has 0 fully saturated rings. The van der Waals surface area contributed by atoms with Crippen molar-refractivity contribution in [3.8, 4) is 0 Å². The molecular weight excluding hydrogens is 352 g/mol. The Balaban J connectivity index is 1.63. The van der Waals surface area contributed by atoms with Gasteiger partial charge in [0.2, 0.25) is 0 Å². The van der Waals surface area contributed by atoms with E-state index in [4.69, 9.17) is 0 Å². The Morgan fingerprint density at radius 2 is 2.12 bits per heavy atom. The standard InChI is InChI=1S/C16H16N8OS/c1-26-9-7-12(15-20-18-13-4-2-3-8-23(13)15)17-16(25)11-5-6-14-19-21-22-24(14)10-11/h2-6,8,10,12H,7,9H2,1H3,(H,17,25). The highest BCUT2D eigenvalue weighted by molar-refractivity contribution is 7.98. The number of thioether (sulfide) groups is 1. The van der Waals surface area contributed by atoms with Gasteiger partial charge in [-0.05, 0) is 53.1 Å². The van der Waals surface area contributed by atoms with Crippen LogP contribution in [0.15, 0.2) is 42.7 Å². The lowest BCUT2D eigenvalue weighted by atomic mass is 10.2. The van der Waals surface area contributed by atoms with E-state index < -0.39 is 0 Å². The predicted octanol–water partition coefficient (Wildman–Crippen LogP) is 1.39. The molecule has 1 atom stereocenters. The summed E-state index contributed by atoms with van der Waals surface area (Å²) in [4.78, 5) is 12.8. The number of fused-ring (bicyclic) bond motifs is 2. The summed E-state index contributed by atoms with van der Waals surface area (Å²) in [7, 11) is 0. The number of hydrogen-bond donors (Lipinski definition) is 1. The number of aromatic nitrogens is 7. The summed E-state index contributed by atoms with van der Waals surface area (Å²) < 4.78 is 3.37. The number of pyridine rings is 2. The number of hydrogen-bond acceptors (Lipinski definition) is 7. The molecule has 1 amide bonds. The summed E-state index contributed by atoms with van der Waals surface area (Å²) in [6.45, 7) is 0. The average Bonchev–Trinajstić information content (AvgIpc) is 3.31. The molecule has 10 heteroatoms. The van der Waals surface area contributed by atoms with Crippen LogP contribution in [-0.2, 0) is 0 Å². The number of amides is 1. The minimum absolute atomic E-state index is 0.207. The Morgan fingerprint density at radius 1 is 1.19 bits per heavy atom. The van der Waals surface area contributed by atoms with Crippen molar-refractivity contribution in [1.82, 2.24) is 40.0 Å². The zero-order chi connectivity index (χ0) is 17.9. The molecule has 0 bridgehead atoms. The van der Waals surface area contributed by atoms with Gasteiger partial charge >= 0.3 is 0 Å². The van der Waals surface area contributed by atoms with E-state index in [1.54, 1.807) is 30.1 Å². The van der Waals surface area contributed by atoms with Gasteiger partial charge in [-0.25, -0.2) is 0 Å². The Kier molecular flexibility index (Phi) is 4.48. The molecule has 0 saturated carbocycles. The van der Waals surface area contributed by atoms with Gasteiger partial charge in [-0.2, -0.15) is 16.3 Å². The van der Waals surface area contributed by atoms with E-state index in [0.29, 0.717) is 17.0 Å². The van der Waals surface area contributed by atoms with Crippen molar-refractivity contribution >= 4 is 29.0 Å². The minimum Gasteiger partial charge on any atom is -0.342 e.